The van der Waals surface area contributed by atoms with Crippen molar-refractivity contribution >= 4 is 5.69 Å². The molecular formula is C13H16N2O. The second-order valence-corrected chi connectivity index (χ2v) is 4.20. The van der Waals surface area contributed by atoms with E-state index < -0.39 is 0 Å². The molecule has 84 valence electrons. The number of ether oxygens (including phenoxy) is 1. The summed E-state index contributed by atoms with van der Waals surface area (Å²) >= 11 is 0. The van der Waals surface area contributed by atoms with Crippen molar-refractivity contribution in [1.82, 2.24) is 0 Å². The van der Waals surface area contributed by atoms with Gasteiger partial charge in [0.15, 0.2) is 0 Å². The molecule has 3 heteroatoms. The second kappa shape index (κ2) is 4.89. The molecule has 3 nitrogen and oxygen atoms in total. The summed E-state index contributed by atoms with van der Waals surface area (Å²) in [6, 6.07) is 7.68. The molecule has 1 aliphatic carbocycles. The minimum absolute atomic E-state index is 0.681. The normalized spacial score (nSPS) is 15.0. The minimum atomic E-state index is 0.681. The smallest absolute Gasteiger partial charge is 0.121 e. The van der Waals surface area contributed by atoms with E-state index in [1.165, 1.54) is 19.3 Å². The molecule has 0 spiro atoms. The highest BCUT2D eigenvalue weighted by Crippen LogP contribution is 2.28. The zero-order valence-corrected chi connectivity index (χ0v) is 9.49. The Labute approximate surface area is 96.0 Å². The summed E-state index contributed by atoms with van der Waals surface area (Å²) < 4.78 is 5.15. The molecule has 0 amide bonds. The van der Waals surface area contributed by atoms with E-state index in [-0.39, 0.29) is 0 Å². The van der Waals surface area contributed by atoms with Crippen LogP contribution in [0, 0.1) is 17.2 Å². The molecule has 0 atom stereocenters. The van der Waals surface area contributed by atoms with Gasteiger partial charge in [-0.3, -0.25) is 0 Å². The van der Waals surface area contributed by atoms with Gasteiger partial charge in [0, 0.05) is 12.6 Å². The Morgan fingerprint density at radius 3 is 2.88 bits per heavy atom. The van der Waals surface area contributed by atoms with Gasteiger partial charge in [-0.15, -0.1) is 0 Å². The predicted octanol–water partition coefficient (Wildman–Crippen LogP) is 2.78. The average molecular weight is 216 g/mol. The molecule has 0 aliphatic heterocycles. The van der Waals surface area contributed by atoms with Gasteiger partial charge in [-0.2, -0.15) is 5.26 Å². The van der Waals surface area contributed by atoms with Crippen LogP contribution in [0.1, 0.15) is 24.8 Å². The van der Waals surface area contributed by atoms with E-state index in [9.17, 15) is 0 Å². The van der Waals surface area contributed by atoms with E-state index >= 15 is 0 Å². The summed E-state index contributed by atoms with van der Waals surface area (Å²) in [5, 5.41) is 12.3. The van der Waals surface area contributed by atoms with Gasteiger partial charge in [-0.05, 0) is 30.9 Å². The van der Waals surface area contributed by atoms with Gasteiger partial charge in [-0.1, -0.05) is 6.42 Å². The van der Waals surface area contributed by atoms with Gasteiger partial charge in [-0.25, -0.2) is 0 Å². The summed E-state index contributed by atoms with van der Waals surface area (Å²) in [5.41, 5.74) is 1.56. The van der Waals surface area contributed by atoms with Crippen molar-refractivity contribution < 1.29 is 4.74 Å². The van der Waals surface area contributed by atoms with Crippen molar-refractivity contribution in [2.24, 2.45) is 5.92 Å². The van der Waals surface area contributed by atoms with Crippen LogP contribution in [0.5, 0.6) is 5.75 Å². The largest absolute Gasteiger partial charge is 0.497 e. The maximum Gasteiger partial charge on any atom is 0.121 e. The third-order valence-electron chi connectivity index (χ3n) is 3.15. The lowest BCUT2D eigenvalue weighted by molar-refractivity contribution is 0.333. The summed E-state index contributed by atoms with van der Waals surface area (Å²) in [6.07, 6.45) is 3.95. The fourth-order valence-corrected chi connectivity index (χ4v) is 1.85. The summed E-state index contributed by atoms with van der Waals surface area (Å²) in [6.45, 7) is 0.960. The lowest BCUT2D eigenvalue weighted by Crippen LogP contribution is -2.21. The number of nitrogens with zero attached hydrogens (tertiary/aromatic N) is 1. The van der Waals surface area contributed by atoms with Crippen molar-refractivity contribution in [2.45, 2.75) is 19.3 Å². The molecule has 0 saturated heterocycles. The fraction of sp³-hybridized carbons (Fsp3) is 0.462. The summed E-state index contributed by atoms with van der Waals surface area (Å²) in [7, 11) is 1.64. The highest BCUT2D eigenvalue weighted by atomic mass is 16.5. The first-order valence-corrected chi connectivity index (χ1v) is 5.65. The maximum atomic E-state index is 8.99. The standard InChI is InChI=1S/C13H16N2O/c1-16-12-6-5-11(8-14)13(7-12)15-9-10-3-2-4-10/h5-7,10,15H,2-4,9H2,1H3. The SMILES string of the molecule is COc1ccc(C#N)c(NCC2CCC2)c1. The van der Waals surface area contributed by atoms with E-state index in [0.29, 0.717) is 5.56 Å². The van der Waals surface area contributed by atoms with Crippen molar-refractivity contribution in [2.75, 3.05) is 19.0 Å². The van der Waals surface area contributed by atoms with Crippen LogP contribution in [-0.2, 0) is 0 Å². The first-order chi connectivity index (χ1) is 7.83. The Morgan fingerprint density at radius 2 is 2.31 bits per heavy atom. The zero-order chi connectivity index (χ0) is 11.4. The van der Waals surface area contributed by atoms with Crippen LogP contribution >= 0.6 is 0 Å². The topological polar surface area (TPSA) is 45.0 Å². The molecule has 2 rings (SSSR count). The molecule has 1 fully saturated rings. The Morgan fingerprint density at radius 1 is 1.50 bits per heavy atom. The lowest BCUT2D eigenvalue weighted by atomic mass is 9.85. The van der Waals surface area contributed by atoms with Crippen LogP contribution in [0.15, 0.2) is 18.2 Å². The number of benzene rings is 1. The monoisotopic (exact) mass is 216 g/mol. The molecule has 1 aromatic carbocycles. The van der Waals surface area contributed by atoms with Crippen molar-refractivity contribution in [3.05, 3.63) is 23.8 Å². The van der Waals surface area contributed by atoms with E-state index in [1.54, 1.807) is 13.2 Å². The first-order valence-electron chi connectivity index (χ1n) is 5.65. The zero-order valence-electron chi connectivity index (χ0n) is 9.49. The summed E-state index contributed by atoms with van der Waals surface area (Å²) in [4.78, 5) is 0. The van der Waals surface area contributed by atoms with E-state index in [4.69, 9.17) is 10.00 Å². The van der Waals surface area contributed by atoms with E-state index in [2.05, 4.69) is 11.4 Å². The quantitative estimate of drug-likeness (QED) is 0.841. The van der Waals surface area contributed by atoms with Gasteiger partial charge in [0.2, 0.25) is 0 Å². The van der Waals surface area contributed by atoms with Crippen LogP contribution < -0.4 is 10.1 Å². The van der Waals surface area contributed by atoms with Crippen LogP contribution in [0.2, 0.25) is 0 Å². The van der Waals surface area contributed by atoms with Crippen LogP contribution in [0.3, 0.4) is 0 Å². The number of hydrogen-bond donors (Lipinski definition) is 1. The van der Waals surface area contributed by atoms with E-state index in [0.717, 1.165) is 23.9 Å². The Balaban J connectivity index is 2.07. The van der Waals surface area contributed by atoms with Crippen molar-refractivity contribution in [3.8, 4) is 11.8 Å². The van der Waals surface area contributed by atoms with Crippen molar-refractivity contribution in [1.29, 1.82) is 5.26 Å². The molecule has 1 N–H and O–H groups in total. The summed E-state index contributed by atoms with van der Waals surface area (Å²) in [5.74, 6) is 1.56. The molecule has 0 heterocycles. The van der Waals surface area contributed by atoms with Gasteiger partial charge >= 0.3 is 0 Å². The second-order valence-electron chi connectivity index (χ2n) is 4.20. The molecule has 0 radical (unpaired) electrons. The first kappa shape index (κ1) is 10.8. The molecule has 0 aromatic heterocycles. The average Bonchev–Trinajstić information content (AvgIpc) is 2.26. The number of nitrogens with one attached hydrogen (secondary N) is 1. The van der Waals surface area contributed by atoms with Crippen LogP contribution in [-0.4, -0.2) is 13.7 Å². The van der Waals surface area contributed by atoms with Gasteiger partial charge < -0.3 is 10.1 Å². The predicted molar refractivity (Wildman–Crippen MR) is 63.5 cm³/mol. The number of hydrogen-bond acceptors (Lipinski definition) is 3. The molecule has 1 saturated carbocycles. The van der Waals surface area contributed by atoms with Crippen LogP contribution in [0.25, 0.3) is 0 Å². The van der Waals surface area contributed by atoms with Crippen LogP contribution in [0.4, 0.5) is 5.69 Å². The molecule has 1 aliphatic rings. The van der Waals surface area contributed by atoms with Crippen molar-refractivity contribution in [3.63, 3.8) is 0 Å². The third kappa shape index (κ3) is 2.27. The Hall–Kier alpha value is -1.69. The number of methoxy groups -OCH3 is 1. The molecule has 16 heavy (non-hydrogen) atoms. The van der Waals surface area contributed by atoms with E-state index in [1.807, 2.05) is 12.1 Å². The maximum absolute atomic E-state index is 8.99. The highest BCUT2D eigenvalue weighted by molar-refractivity contribution is 5.60. The van der Waals surface area contributed by atoms with Gasteiger partial charge in [0.1, 0.15) is 11.8 Å². The number of anilines is 1. The Kier molecular flexibility index (Phi) is 3.31. The fourth-order valence-electron chi connectivity index (χ4n) is 1.85. The number of rotatable bonds is 4. The highest BCUT2D eigenvalue weighted by Gasteiger charge is 2.17. The molecular weight excluding hydrogens is 200 g/mol. The van der Waals surface area contributed by atoms with Gasteiger partial charge in [0.05, 0.1) is 18.4 Å². The Bertz CT molecular complexity index is 405. The minimum Gasteiger partial charge on any atom is -0.497 e. The molecule has 1 aromatic rings. The lowest BCUT2D eigenvalue weighted by Gasteiger charge is -2.26. The molecule has 0 bridgehead atoms. The number of nitriles is 1. The molecule has 0 unspecified atom stereocenters. The third-order valence-corrected chi connectivity index (χ3v) is 3.15. The van der Waals surface area contributed by atoms with Gasteiger partial charge in [0.25, 0.3) is 0 Å².